The Morgan fingerprint density at radius 2 is 2.10 bits per heavy atom. The van der Waals surface area contributed by atoms with Crippen molar-refractivity contribution in [3.63, 3.8) is 0 Å². The minimum absolute atomic E-state index is 0.0440. The van der Waals surface area contributed by atoms with Gasteiger partial charge in [-0.15, -0.1) is 0 Å². The summed E-state index contributed by atoms with van der Waals surface area (Å²) in [6, 6.07) is 2.83. The molecule has 1 aromatic heterocycles. The predicted molar refractivity (Wildman–Crippen MR) is 69.9 cm³/mol. The highest BCUT2D eigenvalue weighted by Crippen LogP contribution is 2.30. The number of likely N-dealkylation sites (N-methyl/N-ethyl adjacent to an activating group) is 1. The van der Waals surface area contributed by atoms with E-state index < -0.39 is 17.3 Å². The number of nitrogens with zero attached hydrogens (tertiary/aromatic N) is 2. The fraction of sp³-hybridized carbons (Fsp3) is 0.333. The van der Waals surface area contributed by atoms with E-state index in [0.717, 1.165) is 22.8 Å². The molecular weight excluding hydrogens is 295 g/mol. The molecule has 1 heterocycles. The lowest BCUT2D eigenvalue weighted by atomic mass is 10.1. The van der Waals surface area contributed by atoms with Crippen LogP contribution in [0.1, 0.15) is 5.56 Å². The molecule has 0 aliphatic rings. The summed E-state index contributed by atoms with van der Waals surface area (Å²) >= 11 is 5.88. The van der Waals surface area contributed by atoms with Gasteiger partial charge in [-0.25, -0.2) is 4.98 Å². The minimum atomic E-state index is -4.50. The molecule has 0 bridgehead atoms. The standard InChI is InChI=1S/C12H11ClF3N3O/c1-17-4-5-19-10(20)8-6-7(12(14,15)16)2-3-9(8)18-11(19)13/h2-3,6,17H,4-5H2,1H3. The van der Waals surface area contributed by atoms with Gasteiger partial charge in [0.2, 0.25) is 5.28 Å². The summed E-state index contributed by atoms with van der Waals surface area (Å²) in [4.78, 5) is 16.1. The number of aromatic nitrogens is 2. The fourth-order valence-corrected chi connectivity index (χ4v) is 2.04. The van der Waals surface area contributed by atoms with Gasteiger partial charge in [0.25, 0.3) is 5.56 Å². The molecule has 0 spiro atoms. The first kappa shape index (κ1) is 14.8. The molecule has 2 rings (SSSR count). The lowest BCUT2D eigenvalue weighted by Crippen LogP contribution is -2.27. The van der Waals surface area contributed by atoms with Crippen molar-refractivity contribution in [3.8, 4) is 0 Å². The number of benzene rings is 1. The molecule has 108 valence electrons. The highest BCUT2D eigenvalue weighted by Gasteiger charge is 2.31. The zero-order chi connectivity index (χ0) is 14.9. The first-order valence-electron chi connectivity index (χ1n) is 5.76. The van der Waals surface area contributed by atoms with Crippen LogP contribution in [0.2, 0.25) is 5.28 Å². The van der Waals surface area contributed by atoms with Gasteiger partial charge in [0.15, 0.2) is 0 Å². The van der Waals surface area contributed by atoms with Crippen molar-refractivity contribution in [1.29, 1.82) is 0 Å². The third kappa shape index (κ3) is 2.78. The van der Waals surface area contributed by atoms with Gasteiger partial charge in [-0.1, -0.05) is 0 Å². The Bertz CT molecular complexity index is 697. The summed E-state index contributed by atoms with van der Waals surface area (Å²) in [7, 11) is 1.69. The molecule has 0 aliphatic heterocycles. The number of hydrogen-bond donors (Lipinski definition) is 1. The van der Waals surface area contributed by atoms with Gasteiger partial charge in [0, 0.05) is 13.1 Å². The summed E-state index contributed by atoms with van der Waals surface area (Å²) in [6.45, 7) is 0.680. The van der Waals surface area contributed by atoms with E-state index in [-0.39, 0.29) is 22.7 Å². The van der Waals surface area contributed by atoms with Crippen LogP contribution in [-0.2, 0) is 12.7 Å². The van der Waals surface area contributed by atoms with Crippen LogP contribution >= 0.6 is 11.6 Å². The maximum atomic E-state index is 12.7. The third-order valence-corrected chi connectivity index (χ3v) is 3.11. The van der Waals surface area contributed by atoms with Gasteiger partial charge < -0.3 is 5.32 Å². The van der Waals surface area contributed by atoms with E-state index in [1.54, 1.807) is 7.05 Å². The Kier molecular flexibility index (Phi) is 4.01. The molecule has 2 aromatic rings. The molecule has 20 heavy (non-hydrogen) atoms. The van der Waals surface area contributed by atoms with Crippen LogP contribution < -0.4 is 10.9 Å². The monoisotopic (exact) mass is 305 g/mol. The van der Waals surface area contributed by atoms with E-state index in [2.05, 4.69) is 10.3 Å². The first-order valence-corrected chi connectivity index (χ1v) is 6.14. The lowest BCUT2D eigenvalue weighted by Gasteiger charge is -2.11. The van der Waals surface area contributed by atoms with E-state index in [9.17, 15) is 18.0 Å². The Morgan fingerprint density at radius 1 is 1.40 bits per heavy atom. The molecule has 1 N–H and O–H groups in total. The second-order valence-electron chi connectivity index (χ2n) is 4.17. The van der Waals surface area contributed by atoms with Crippen LogP contribution in [0.15, 0.2) is 23.0 Å². The summed E-state index contributed by atoms with van der Waals surface area (Å²) < 4.78 is 39.1. The molecule has 8 heteroatoms. The number of alkyl halides is 3. The normalized spacial score (nSPS) is 12.1. The fourth-order valence-electron chi connectivity index (χ4n) is 1.79. The molecule has 0 unspecified atom stereocenters. The summed E-state index contributed by atoms with van der Waals surface area (Å²) in [5, 5.41) is 2.69. The average Bonchev–Trinajstić information content (AvgIpc) is 2.37. The van der Waals surface area contributed by atoms with Crippen molar-refractivity contribution in [3.05, 3.63) is 39.4 Å². The lowest BCUT2D eigenvalue weighted by molar-refractivity contribution is -0.137. The van der Waals surface area contributed by atoms with Crippen molar-refractivity contribution < 1.29 is 13.2 Å². The highest BCUT2D eigenvalue weighted by atomic mass is 35.5. The van der Waals surface area contributed by atoms with Crippen molar-refractivity contribution in [1.82, 2.24) is 14.9 Å². The van der Waals surface area contributed by atoms with Gasteiger partial charge >= 0.3 is 6.18 Å². The summed E-state index contributed by atoms with van der Waals surface area (Å²) in [6.07, 6.45) is -4.50. The molecule has 0 saturated heterocycles. The van der Waals surface area contributed by atoms with Gasteiger partial charge in [0.1, 0.15) is 0 Å². The Labute approximate surface area is 117 Å². The highest BCUT2D eigenvalue weighted by molar-refractivity contribution is 6.28. The van der Waals surface area contributed by atoms with Crippen molar-refractivity contribution in [2.24, 2.45) is 0 Å². The largest absolute Gasteiger partial charge is 0.416 e. The van der Waals surface area contributed by atoms with E-state index in [4.69, 9.17) is 11.6 Å². The second-order valence-corrected chi connectivity index (χ2v) is 4.51. The molecule has 4 nitrogen and oxygen atoms in total. The van der Waals surface area contributed by atoms with Gasteiger partial charge in [0.05, 0.1) is 16.5 Å². The minimum Gasteiger partial charge on any atom is -0.318 e. The van der Waals surface area contributed by atoms with Crippen molar-refractivity contribution >= 4 is 22.5 Å². The number of fused-ring (bicyclic) bond motifs is 1. The Morgan fingerprint density at radius 3 is 2.70 bits per heavy atom. The van der Waals surface area contributed by atoms with E-state index >= 15 is 0 Å². The molecular formula is C12H11ClF3N3O. The smallest absolute Gasteiger partial charge is 0.318 e. The van der Waals surface area contributed by atoms with Crippen LogP contribution in [-0.4, -0.2) is 23.1 Å². The number of hydrogen-bond acceptors (Lipinski definition) is 3. The number of halogens is 4. The summed E-state index contributed by atoms with van der Waals surface area (Å²) in [5.74, 6) is 0. The quantitative estimate of drug-likeness (QED) is 0.885. The van der Waals surface area contributed by atoms with Crippen molar-refractivity contribution in [2.45, 2.75) is 12.7 Å². The zero-order valence-corrected chi connectivity index (χ0v) is 11.2. The second kappa shape index (κ2) is 5.41. The Hall–Kier alpha value is -1.60. The van der Waals surface area contributed by atoms with E-state index in [1.165, 1.54) is 0 Å². The predicted octanol–water partition coefficient (Wildman–Crippen LogP) is 2.29. The van der Waals surface area contributed by atoms with Crippen molar-refractivity contribution in [2.75, 3.05) is 13.6 Å². The zero-order valence-electron chi connectivity index (χ0n) is 10.5. The molecule has 0 aliphatic carbocycles. The molecule has 0 saturated carbocycles. The van der Waals surface area contributed by atoms with Crippen LogP contribution in [0.4, 0.5) is 13.2 Å². The summed E-state index contributed by atoms with van der Waals surface area (Å²) in [5.41, 5.74) is -1.32. The average molecular weight is 306 g/mol. The number of rotatable bonds is 3. The van der Waals surface area contributed by atoms with Gasteiger partial charge in [-0.05, 0) is 36.8 Å². The first-order chi connectivity index (χ1) is 9.34. The van der Waals surface area contributed by atoms with Crippen LogP contribution in [0.25, 0.3) is 10.9 Å². The third-order valence-electron chi connectivity index (χ3n) is 2.82. The molecule has 0 fully saturated rings. The maximum Gasteiger partial charge on any atom is 0.416 e. The molecule has 0 atom stereocenters. The number of nitrogens with one attached hydrogen (secondary N) is 1. The van der Waals surface area contributed by atoms with E-state index in [0.29, 0.717) is 6.54 Å². The van der Waals surface area contributed by atoms with Gasteiger partial charge in [-0.3, -0.25) is 9.36 Å². The molecule has 0 radical (unpaired) electrons. The SMILES string of the molecule is CNCCn1c(Cl)nc2ccc(C(F)(F)F)cc2c1=O. The molecule has 0 amide bonds. The Balaban J connectivity index is 2.65. The van der Waals surface area contributed by atoms with Crippen LogP contribution in [0.3, 0.4) is 0 Å². The molecule has 1 aromatic carbocycles. The van der Waals surface area contributed by atoms with Crippen LogP contribution in [0.5, 0.6) is 0 Å². The topological polar surface area (TPSA) is 46.9 Å². The van der Waals surface area contributed by atoms with Gasteiger partial charge in [-0.2, -0.15) is 13.2 Å². The van der Waals surface area contributed by atoms with Crippen LogP contribution in [0, 0.1) is 0 Å². The maximum absolute atomic E-state index is 12.7. The van der Waals surface area contributed by atoms with E-state index in [1.807, 2.05) is 0 Å².